The zero-order chi connectivity index (χ0) is 14.6. The second kappa shape index (κ2) is 13.6. The van der Waals surface area contributed by atoms with Gasteiger partial charge in [-0.15, -0.1) is 24.0 Å². The summed E-state index contributed by atoms with van der Waals surface area (Å²) in [5.74, 6) is 1.74. The highest BCUT2D eigenvalue weighted by Gasteiger charge is 2.15. The minimum atomic E-state index is 0. The Morgan fingerprint density at radius 1 is 1.33 bits per heavy atom. The molecule has 21 heavy (non-hydrogen) atoms. The Balaban J connectivity index is 0.00000400. The molecule has 0 aliphatic carbocycles. The van der Waals surface area contributed by atoms with Gasteiger partial charge in [0, 0.05) is 33.3 Å². The van der Waals surface area contributed by atoms with Gasteiger partial charge in [-0.25, -0.2) is 0 Å². The lowest BCUT2D eigenvalue weighted by atomic mass is 10.0. The molecule has 0 amide bonds. The second-order valence-corrected chi connectivity index (χ2v) is 5.52. The number of rotatable bonds is 8. The number of hydrogen-bond acceptors (Lipinski definition) is 3. The molecule has 1 unspecified atom stereocenters. The number of piperidine rings is 1. The highest BCUT2D eigenvalue weighted by molar-refractivity contribution is 14.0. The zero-order valence-electron chi connectivity index (χ0n) is 13.9. The fraction of sp³-hybridized carbons (Fsp3) is 0.933. The Morgan fingerprint density at radius 2 is 2.10 bits per heavy atom. The SMILES string of the molecule is CCOCCNC(=NC)NCCCN1CCCC(C)C1.I. The molecule has 2 N–H and O–H groups in total. The first-order valence-corrected chi connectivity index (χ1v) is 8.00. The summed E-state index contributed by atoms with van der Waals surface area (Å²) in [6.45, 7) is 11.4. The molecule has 0 bridgehead atoms. The lowest BCUT2D eigenvalue weighted by molar-refractivity contribution is 0.152. The van der Waals surface area contributed by atoms with Gasteiger partial charge in [-0.2, -0.15) is 0 Å². The lowest BCUT2D eigenvalue weighted by Crippen LogP contribution is -2.41. The zero-order valence-corrected chi connectivity index (χ0v) is 16.2. The first kappa shape index (κ1) is 20.9. The van der Waals surface area contributed by atoms with Crippen LogP contribution in [0.15, 0.2) is 4.99 Å². The van der Waals surface area contributed by atoms with E-state index >= 15 is 0 Å². The Labute approximate surface area is 147 Å². The van der Waals surface area contributed by atoms with Crippen LogP contribution < -0.4 is 10.6 Å². The van der Waals surface area contributed by atoms with Gasteiger partial charge in [-0.05, 0) is 45.2 Å². The third-order valence-electron chi connectivity index (χ3n) is 3.65. The van der Waals surface area contributed by atoms with Crippen molar-refractivity contribution in [3.05, 3.63) is 0 Å². The van der Waals surface area contributed by atoms with Crippen LogP contribution in [0.5, 0.6) is 0 Å². The van der Waals surface area contributed by atoms with Crippen molar-refractivity contribution in [1.29, 1.82) is 0 Å². The molecule has 1 fully saturated rings. The van der Waals surface area contributed by atoms with Crippen molar-refractivity contribution in [3.63, 3.8) is 0 Å². The van der Waals surface area contributed by atoms with E-state index in [2.05, 4.69) is 27.4 Å². The summed E-state index contributed by atoms with van der Waals surface area (Å²) in [5.41, 5.74) is 0. The topological polar surface area (TPSA) is 48.9 Å². The van der Waals surface area contributed by atoms with Gasteiger partial charge in [-0.3, -0.25) is 4.99 Å². The van der Waals surface area contributed by atoms with Gasteiger partial charge in [-0.1, -0.05) is 6.92 Å². The molecular formula is C15H33IN4O. The van der Waals surface area contributed by atoms with E-state index in [4.69, 9.17) is 4.74 Å². The van der Waals surface area contributed by atoms with E-state index in [9.17, 15) is 0 Å². The van der Waals surface area contributed by atoms with E-state index in [1.54, 1.807) is 0 Å². The predicted molar refractivity (Wildman–Crippen MR) is 101 cm³/mol. The first-order valence-electron chi connectivity index (χ1n) is 8.00. The molecule has 0 aromatic rings. The van der Waals surface area contributed by atoms with Crippen molar-refractivity contribution in [2.45, 2.75) is 33.1 Å². The fourth-order valence-electron chi connectivity index (χ4n) is 2.61. The Kier molecular flexibility index (Phi) is 13.5. The normalized spacial score (nSPS) is 20.0. The average Bonchev–Trinajstić information content (AvgIpc) is 2.46. The van der Waals surface area contributed by atoms with Crippen LogP contribution in [0.2, 0.25) is 0 Å². The van der Waals surface area contributed by atoms with E-state index in [-0.39, 0.29) is 24.0 Å². The van der Waals surface area contributed by atoms with Crippen LogP contribution in [-0.4, -0.2) is 63.8 Å². The summed E-state index contributed by atoms with van der Waals surface area (Å²) >= 11 is 0. The van der Waals surface area contributed by atoms with Crippen molar-refractivity contribution in [1.82, 2.24) is 15.5 Å². The summed E-state index contributed by atoms with van der Waals surface area (Å²) in [4.78, 5) is 6.79. The monoisotopic (exact) mass is 412 g/mol. The summed E-state index contributed by atoms with van der Waals surface area (Å²) in [5, 5.41) is 6.60. The number of likely N-dealkylation sites (tertiary alicyclic amines) is 1. The van der Waals surface area contributed by atoms with E-state index in [1.807, 2.05) is 14.0 Å². The van der Waals surface area contributed by atoms with Crippen LogP contribution in [0.4, 0.5) is 0 Å². The van der Waals surface area contributed by atoms with Crippen molar-refractivity contribution in [2.24, 2.45) is 10.9 Å². The number of ether oxygens (including phenoxy) is 1. The van der Waals surface area contributed by atoms with Crippen LogP contribution in [0.25, 0.3) is 0 Å². The molecule has 1 aliphatic rings. The van der Waals surface area contributed by atoms with Crippen molar-refractivity contribution >= 4 is 29.9 Å². The molecule has 1 aliphatic heterocycles. The van der Waals surface area contributed by atoms with Gasteiger partial charge in [0.1, 0.15) is 0 Å². The number of nitrogens with one attached hydrogen (secondary N) is 2. The Morgan fingerprint density at radius 3 is 2.76 bits per heavy atom. The van der Waals surface area contributed by atoms with E-state index in [0.717, 1.165) is 38.2 Å². The molecule has 5 nitrogen and oxygen atoms in total. The van der Waals surface area contributed by atoms with Crippen LogP contribution in [-0.2, 0) is 4.74 Å². The van der Waals surface area contributed by atoms with Crippen LogP contribution >= 0.6 is 24.0 Å². The maximum absolute atomic E-state index is 5.29. The quantitative estimate of drug-likeness (QED) is 0.277. The number of guanidine groups is 1. The lowest BCUT2D eigenvalue weighted by Gasteiger charge is -2.30. The summed E-state index contributed by atoms with van der Waals surface area (Å²) in [6, 6.07) is 0. The van der Waals surface area contributed by atoms with Crippen LogP contribution in [0.3, 0.4) is 0 Å². The third-order valence-corrected chi connectivity index (χ3v) is 3.65. The minimum absolute atomic E-state index is 0. The minimum Gasteiger partial charge on any atom is -0.380 e. The average molecular weight is 412 g/mol. The van der Waals surface area contributed by atoms with Gasteiger partial charge in [0.15, 0.2) is 5.96 Å². The molecule has 0 radical (unpaired) electrons. The number of hydrogen-bond donors (Lipinski definition) is 2. The van der Waals surface area contributed by atoms with E-state index < -0.39 is 0 Å². The summed E-state index contributed by atoms with van der Waals surface area (Å²) in [7, 11) is 1.81. The number of halogens is 1. The van der Waals surface area contributed by atoms with Gasteiger partial charge < -0.3 is 20.3 Å². The number of nitrogens with zero attached hydrogens (tertiary/aromatic N) is 2. The molecule has 0 saturated carbocycles. The summed E-state index contributed by atoms with van der Waals surface area (Å²) in [6.07, 6.45) is 3.92. The number of aliphatic imine (C=N–C) groups is 1. The molecule has 6 heteroatoms. The van der Waals surface area contributed by atoms with Crippen molar-refractivity contribution < 1.29 is 4.74 Å². The third kappa shape index (κ3) is 10.3. The molecule has 1 heterocycles. The summed E-state index contributed by atoms with van der Waals surface area (Å²) < 4.78 is 5.29. The van der Waals surface area contributed by atoms with Crippen LogP contribution in [0.1, 0.15) is 33.1 Å². The first-order chi connectivity index (χ1) is 9.76. The maximum atomic E-state index is 5.29. The smallest absolute Gasteiger partial charge is 0.191 e. The molecule has 0 aromatic carbocycles. The predicted octanol–water partition coefficient (Wildman–Crippen LogP) is 1.93. The second-order valence-electron chi connectivity index (χ2n) is 5.52. The molecule has 0 aromatic heterocycles. The highest BCUT2D eigenvalue weighted by atomic mass is 127. The highest BCUT2D eigenvalue weighted by Crippen LogP contribution is 2.15. The molecule has 1 saturated heterocycles. The molecule has 0 spiro atoms. The Hall–Kier alpha value is -0.0800. The van der Waals surface area contributed by atoms with Crippen molar-refractivity contribution in [3.8, 4) is 0 Å². The largest absolute Gasteiger partial charge is 0.380 e. The Bertz CT molecular complexity index is 276. The van der Waals surface area contributed by atoms with Gasteiger partial charge >= 0.3 is 0 Å². The van der Waals surface area contributed by atoms with E-state index in [0.29, 0.717) is 0 Å². The fourth-order valence-corrected chi connectivity index (χ4v) is 2.61. The standard InChI is InChI=1S/C15H32N4O.HI/c1-4-20-12-9-18-15(16-3)17-8-6-11-19-10-5-7-14(2)13-19;/h14H,4-13H2,1-3H3,(H2,16,17,18);1H. The van der Waals surface area contributed by atoms with Crippen LogP contribution in [0, 0.1) is 5.92 Å². The van der Waals surface area contributed by atoms with Gasteiger partial charge in [0.25, 0.3) is 0 Å². The molecule has 1 rings (SSSR count). The van der Waals surface area contributed by atoms with E-state index in [1.165, 1.54) is 38.9 Å². The van der Waals surface area contributed by atoms with Gasteiger partial charge in [0.05, 0.1) is 6.61 Å². The molecule has 1 atom stereocenters. The molecular weight excluding hydrogens is 379 g/mol. The maximum Gasteiger partial charge on any atom is 0.191 e. The van der Waals surface area contributed by atoms with Crippen molar-refractivity contribution in [2.75, 3.05) is 53.0 Å². The van der Waals surface area contributed by atoms with Gasteiger partial charge in [0.2, 0.25) is 0 Å². The molecule has 126 valence electrons.